The zero-order valence-corrected chi connectivity index (χ0v) is 16.0. The first kappa shape index (κ1) is 19.7. The third kappa shape index (κ3) is 3.31. The minimum Gasteiger partial charge on any atom is -0.454 e. The Labute approximate surface area is 175 Å². The molecular weight excluding hydrogens is 411 g/mol. The topological polar surface area (TPSA) is 77.5 Å². The van der Waals surface area contributed by atoms with Crippen molar-refractivity contribution in [2.75, 3.05) is 6.61 Å². The van der Waals surface area contributed by atoms with Crippen molar-refractivity contribution < 1.29 is 28.3 Å². The molecule has 0 heterocycles. The van der Waals surface area contributed by atoms with E-state index in [9.17, 15) is 23.6 Å². The quantitative estimate of drug-likeness (QED) is 0.362. The van der Waals surface area contributed by atoms with E-state index in [-0.39, 0.29) is 44.2 Å². The van der Waals surface area contributed by atoms with E-state index in [1.807, 2.05) is 0 Å². The molecule has 0 saturated heterocycles. The fourth-order valence-electron chi connectivity index (χ4n) is 3.23. The highest BCUT2D eigenvalue weighted by Crippen LogP contribution is 2.34. The van der Waals surface area contributed by atoms with E-state index in [2.05, 4.69) is 0 Å². The zero-order chi connectivity index (χ0) is 21.4. The highest BCUT2D eigenvalue weighted by Gasteiger charge is 2.33. The van der Waals surface area contributed by atoms with Gasteiger partial charge >= 0.3 is 5.97 Å². The van der Waals surface area contributed by atoms with Crippen molar-refractivity contribution in [3.63, 3.8) is 0 Å². The number of carbonyl (C=O) groups is 4. The summed E-state index contributed by atoms with van der Waals surface area (Å²) in [4.78, 5) is 50.1. The average Bonchev–Trinajstić information content (AvgIpc) is 2.76. The van der Waals surface area contributed by atoms with E-state index in [1.54, 1.807) is 18.2 Å². The number of carbonyl (C=O) groups excluding carboxylic acids is 4. The molecule has 3 aromatic carbocycles. The molecule has 0 N–H and O–H groups in total. The van der Waals surface area contributed by atoms with Crippen molar-refractivity contribution in [1.29, 1.82) is 0 Å². The van der Waals surface area contributed by atoms with Gasteiger partial charge in [0.2, 0.25) is 0 Å². The van der Waals surface area contributed by atoms with Gasteiger partial charge in [0, 0.05) is 22.3 Å². The number of halogens is 2. The minimum atomic E-state index is -0.919. The summed E-state index contributed by atoms with van der Waals surface area (Å²) in [5.74, 6) is -2.78. The van der Waals surface area contributed by atoms with Crippen molar-refractivity contribution in [2.24, 2.45) is 0 Å². The van der Waals surface area contributed by atoms with Crippen LogP contribution in [0.25, 0.3) is 0 Å². The molecule has 0 aliphatic heterocycles. The Morgan fingerprint density at radius 3 is 2.13 bits per heavy atom. The maximum absolute atomic E-state index is 13.0. The molecule has 4 rings (SSSR count). The van der Waals surface area contributed by atoms with Crippen molar-refractivity contribution in [3.8, 4) is 0 Å². The fourth-order valence-corrected chi connectivity index (χ4v) is 3.56. The second kappa shape index (κ2) is 7.65. The standard InChI is InChI=1S/C23H12ClFO5/c24-20-17(23(29)30-11-18(26)12-5-7-13(25)8-6-12)10-9-16-19(20)22(28)15-4-2-1-3-14(15)21(16)27/h1-10H,11H2. The molecule has 0 spiro atoms. The minimum absolute atomic E-state index is 0.0697. The van der Waals surface area contributed by atoms with Crippen LogP contribution in [0.5, 0.6) is 0 Å². The van der Waals surface area contributed by atoms with E-state index >= 15 is 0 Å². The Morgan fingerprint density at radius 2 is 1.47 bits per heavy atom. The van der Waals surface area contributed by atoms with Crippen LogP contribution in [0, 0.1) is 5.82 Å². The van der Waals surface area contributed by atoms with Crippen LogP contribution in [-0.2, 0) is 4.74 Å². The Kier molecular flexibility index (Phi) is 5.01. The van der Waals surface area contributed by atoms with Gasteiger partial charge in [0.05, 0.1) is 16.1 Å². The van der Waals surface area contributed by atoms with Gasteiger partial charge < -0.3 is 4.74 Å². The van der Waals surface area contributed by atoms with Gasteiger partial charge in [-0.15, -0.1) is 0 Å². The smallest absolute Gasteiger partial charge is 0.340 e. The molecule has 7 heteroatoms. The normalized spacial score (nSPS) is 12.2. The van der Waals surface area contributed by atoms with Crippen LogP contribution in [0.4, 0.5) is 4.39 Å². The number of fused-ring (bicyclic) bond motifs is 2. The van der Waals surface area contributed by atoms with Gasteiger partial charge in [-0.1, -0.05) is 35.9 Å². The van der Waals surface area contributed by atoms with Crippen LogP contribution < -0.4 is 0 Å². The highest BCUT2D eigenvalue weighted by molar-refractivity contribution is 6.41. The number of benzene rings is 3. The summed E-state index contributed by atoms with van der Waals surface area (Å²) < 4.78 is 18.0. The highest BCUT2D eigenvalue weighted by atomic mass is 35.5. The third-order valence-corrected chi connectivity index (χ3v) is 5.14. The summed E-state index contributed by atoms with van der Waals surface area (Å²) in [6, 6.07) is 13.8. The molecule has 0 amide bonds. The number of hydrogen-bond donors (Lipinski definition) is 0. The summed E-state index contributed by atoms with van der Waals surface area (Å²) in [5.41, 5.74) is 0.545. The molecule has 0 radical (unpaired) electrons. The summed E-state index contributed by atoms with van der Waals surface area (Å²) >= 11 is 6.30. The number of esters is 1. The maximum Gasteiger partial charge on any atom is 0.340 e. The predicted octanol–water partition coefficient (Wildman–Crippen LogP) is 4.29. The predicted molar refractivity (Wildman–Crippen MR) is 106 cm³/mol. The van der Waals surface area contributed by atoms with Gasteiger partial charge in [-0.05, 0) is 36.4 Å². The number of ketones is 3. The first-order valence-corrected chi connectivity index (χ1v) is 9.23. The second-order valence-electron chi connectivity index (χ2n) is 6.56. The number of hydrogen-bond acceptors (Lipinski definition) is 5. The van der Waals surface area contributed by atoms with Crippen LogP contribution in [0.2, 0.25) is 5.02 Å². The number of Topliss-reactive ketones (excluding diaryl/α,β-unsaturated/α-hetero) is 1. The van der Waals surface area contributed by atoms with Crippen LogP contribution in [0.15, 0.2) is 60.7 Å². The molecule has 3 aromatic rings. The van der Waals surface area contributed by atoms with Crippen molar-refractivity contribution in [2.45, 2.75) is 0 Å². The van der Waals surface area contributed by atoms with E-state index < -0.39 is 30.0 Å². The monoisotopic (exact) mass is 422 g/mol. The summed E-state index contributed by atoms with van der Waals surface area (Å²) in [6.07, 6.45) is 0. The van der Waals surface area contributed by atoms with Crippen molar-refractivity contribution >= 4 is 34.9 Å². The van der Waals surface area contributed by atoms with Gasteiger partial charge in [0.15, 0.2) is 24.0 Å². The lowest BCUT2D eigenvalue weighted by Crippen LogP contribution is -2.23. The molecule has 0 atom stereocenters. The van der Waals surface area contributed by atoms with Crippen molar-refractivity contribution in [1.82, 2.24) is 0 Å². The molecule has 0 bridgehead atoms. The lowest BCUT2D eigenvalue weighted by atomic mass is 9.83. The van der Waals surface area contributed by atoms with Crippen LogP contribution >= 0.6 is 11.6 Å². The lowest BCUT2D eigenvalue weighted by molar-refractivity contribution is 0.0474. The molecule has 1 aliphatic rings. The first-order valence-electron chi connectivity index (χ1n) is 8.85. The Hall–Kier alpha value is -3.64. The number of rotatable bonds is 4. The molecule has 5 nitrogen and oxygen atoms in total. The zero-order valence-electron chi connectivity index (χ0n) is 15.3. The SMILES string of the molecule is O=C(COC(=O)c1ccc2c(c1Cl)C(=O)c1ccccc1C2=O)c1ccc(F)cc1. The van der Waals surface area contributed by atoms with Gasteiger partial charge in [-0.25, -0.2) is 9.18 Å². The summed E-state index contributed by atoms with van der Waals surface area (Å²) in [5, 5.41) is -0.209. The Balaban J connectivity index is 1.59. The molecule has 0 unspecified atom stereocenters. The largest absolute Gasteiger partial charge is 0.454 e. The fraction of sp³-hybridized carbons (Fsp3) is 0.0435. The van der Waals surface area contributed by atoms with Crippen molar-refractivity contribution in [3.05, 3.63) is 105 Å². The molecule has 1 aliphatic carbocycles. The third-order valence-electron chi connectivity index (χ3n) is 4.75. The Morgan fingerprint density at radius 1 is 0.833 bits per heavy atom. The molecular formula is C23H12ClFO5. The van der Waals surface area contributed by atoms with Gasteiger partial charge in [-0.3, -0.25) is 14.4 Å². The van der Waals surface area contributed by atoms with Gasteiger partial charge in [0.25, 0.3) is 0 Å². The molecule has 0 saturated carbocycles. The van der Waals surface area contributed by atoms with E-state index in [4.69, 9.17) is 16.3 Å². The van der Waals surface area contributed by atoms with Gasteiger partial charge in [0.1, 0.15) is 5.82 Å². The maximum atomic E-state index is 13.0. The van der Waals surface area contributed by atoms with E-state index in [0.29, 0.717) is 0 Å². The molecule has 148 valence electrons. The van der Waals surface area contributed by atoms with E-state index in [1.165, 1.54) is 30.3 Å². The summed E-state index contributed by atoms with van der Waals surface area (Å²) in [6.45, 7) is -0.590. The molecule has 0 aromatic heterocycles. The first-order chi connectivity index (χ1) is 14.4. The van der Waals surface area contributed by atoms with Gasteiger partial charge in [-0.2, -0.15) is 0 Å². The van der Waals surface area contributed by atoms with Crippen LogP contribution in [-0.4, -0.2) is 29.9 Å². The van der Waals surface area contributed by atoms with E-state index in [0.717, 1.165) is 12.1 Å². The summed E-state index contributed by atoms with van der Waals surface area (Å²) in [7, 11) is 0. The molecule has 0 fully saturated rings. The molecule has 30 heavy (non-hydrogen) atoms. The number of ether oxygens (including phenoxy) is 1. The van der Waals surface area contributed by atoms with Crippen LogP contribution in [0.3, 0.4) is 0 Å². The average molecular weight is 423 g/mol. The Bertz CT molecular complexity index is 1230. The van der Waals surface area contributed by atoms with Crippen LogP contribution in [0.1, 0.15) is 52.6 Å². The second-order valence-corrected chi connectivity index (χ2v) is 6.94. The lowest BCUT2D eigenvalue weighted by Gasteiger charge is -2.19.